The number of amides is 2. The van der Waals surface area contributed by atoms with Crippen LogP contribution in [0, 0.1) is 17.6 Å². The van der Waals surface area contributed by atoms with E-state index >= 15 is 0 Å². The first-order chi connectivity index (χ1) is 13.0. The Labute approximate surface area is 161 Å². The van der Waals surface area contributed by atoms with E-state index in [2.05, 4.69) is 10.6 Å². The van der Waals surface area contributed by atoms with Crippen LogP contribution in [0.5, 0.6) is 0 Å². The third kappa shape index (κ3) is 5.11. The summed E-state index contributed by atoms with van der Waals surface area (Å²) in [5, 5.41) is 9.82. The zero-order valence-corrected chi connectivity index (χ0v) is 15.9. The van der Waals surface area contributed by atoms with Crippen molar-refractivity contribution in [1.82, 2.24) is 5.32 Å². The summed E-state index contributed by atoms with van der Waals surface area (Å²) < 4.78 is 50.4. The van der Waals surface area contributed by atoms with Crippen molar-refractivity contribution >= 4 is 27.5 Å². The fourth-order valence-electron chi connectivity index (χ4n) is 2.43. The highest BCUT2D eigenvalue weighted by atomic mass is 32.2. The maximum Gasteiger partial charge on any atom is 0.257 e. The summed E-state index contributed by atoms with van der Waals surface area (Å²) >= 11 is 0. The lowest BCUT2D eigenvalue weighted by Crippen LogP contribution is -2.47. The molecule has 0 bridgehead atoms. The van der Waals surface area contributed by atoms with Gasteiger partial charge in [-0.2, -0.15) is 0 Å². The van der Waals surface area contributed by atoms with Crippen LogP contribution in [0.15, 0.2) is 47.4 Å². The van der Waals surface area contributed by atoms with Crippen LogP contribution in [0.1, 0.15) is 24.2 Å². The molecule has 1 atom stereocenters. The Hall–Kier alpha value is -2.85. The van der Waals surface area contributed by atoms with Gasteiger partial charge in [-0.25, -0.2) is 22.3 Å². The van der Waals surface area contributed by atoms with Gasteiger partial charge in [0.2, 0.25) is 15.9 Å². The number of halogens is 2. The van der Waals surface area contributed by atoms with E-state index in [0.29, 0.717) is 0 Å². The van der Waals surface area contributed by atoms with Crippen LogP contribution < -0.4 is 15.8 Å². The molecular formula is C18H19F2N3O4S. The van der Waals surface area contributed by atoms with Gasteiger partial charge in [0.05, 0.1) is 4.90 Å². The molecule has 0 aromatic heterocycles. The van der Waals surface area contributed by atoms with Crippen LogP contribution >= 0.6 is 0 Å². The van der Waals surface area contributed by atoms with E-state index in [1.54, 1.807) is 13.8 Å². The number of hydrogen-bond acceptors (Lipinski definition) is 4. The van der Waals surface area contributed by atoms with Gasteiger partial charge in [0, 0.05) is 5.69 Å². The largest absolute Gasteiger partial charge is 0.340 e. The zero-order valence-electron chi connectivity index (χ0n) is 15.1. The molecule has 0 fully saturated rings. The van der Waals surface area contributed by atoms with Crippen molar-refractivity contribution in [3.05, 3.63) is 59.7 Å². The van der Waals surface area contributed by atoms with E-state index in [4.69, 9.17) is 5.14 Å². The van der Waals surface area contributed by atoms with Gasteiger partial charge in [0.25, 0.3) is 5.91 Å². The highest BCUT2D eigenvalue weighted by Gasteiger charge is 2.27. The summed E-state index contributed by atoms with van der Waals surface area (Å²) in [5.41, 5.74) is -0.661. The molecular weight excluding hydrogens is 392 g/mol. The van der Waals surface area contributed by atoms with Crippen molar-refractivity contribution in [3.63, 3.8) is 0 Å². The summed E-state index contributed by atoms with van der Waals surface area (Å²) in [6, 6.07) is 7.07. The quantitative estimate of drug-likeness (QED) is 0.674. The van der Waals surface area contributed by atoms with Crippen molar-refractivity contribution < 1.29 is 26.8 Å². The van der Waals surface area contributed by atoms with Crippen LogP contribution in [-0.4, -0.2) is 26.3 Å². The summed E-state index contributed by atoms with van der Waals surface area (Å²) in [6.45, 7) is 3.26. The highest BCUT2D eigenvalue weighted by Crippen LogP contribution is 2.17. The van der Waals surface area contributed by atoms with Gasteiger partial charge in [-0.15, -0.1) is 0 Å². The van der Waals surface area contributed by atoms with Crippen molar-refractivity contribution in [2.24, 2.45) is 11.1 Å². The fraction of sp³-hybridized carbons (Fsp3) is 0.222. The molecule has 0 saturated heterocycles. The summed E-state index contributed by atoms with van der Waals surface area (Å²) in [5.74, 6) is -4.31. The Morgan fingerprint density at radius 1 is 1.04 bits per heavy atom. The molecule has 0 saturated carbocycles. The summed E-state index contributed by atoms with van der Waals surface area (Å²) in [7, 11) is -3.97. The van der Waals surface area contributed by atoms with Crippen LogP contribution in [0.25, 0.3) is 0 Å². The number of primary sulfonamides is 1. The minimum Gasteiger partial charge on any atom is -0.340 e. The van der Waals surface area contributed by atoms with Crippen LogP contribution in [-0.2, 0) is 14.8 Å². The zero-order chi connectivity index (χ0) is 21.1. The molecule has 2 aromatic carbocycles. The molecule has 10 heteroatoms. The van der Waals surface area contributed by atoms with Crippen molar-refractivity contribution in [3.8, 4) is 0 Å². The Kier molecular flexibility index (Phi) is 6.47. The third-order valence-corrected chi connectivity index (χ3v) is 4.77. The first kappa shape index (κ1) is 21.5. The Balaban J connectivity index is 2.22. The van der Waals surface area contributed by atoms with E-state index in [0.717, 1.165) is 24.3 Å². The monoisotopic (exact) mass is 411 g/mol. The number of carbonyl (C=O) groups is 2. The number of benzene rings is 2. The Bertz CT molecular complexity index is 989. The van der Waals surface area contributed by atoms with E-state index < -0.39 is 51.0 Å². The molecule has 150 valence electrons. The van der Waals surface area contributed by atoms with Gasteiger partial charge in [-0.1, -0.05) is 26.0 Å². The molecule has 1 unspecified atom stereocenters. The van der Waals surface area contributed by atoms with E-state index in [1.165, 1.54) is 18.2 Å². The van der Waals surface area contributed by atoms with E-state index in [-0.39, 0.29) is 10.6 Å². The van der Waals surface area contributed by atoms with Crippen molar-refractivity contribution in [2.75, 3.05) is 5.32 Å². The van der Waals surface area contributed by atoms with Gasteiger partial charge in [0.15, 0.2) is 0 Å². The lowest BCUT2D eigenvalue weighted by atomic mass is 10.0. The first-order valence-corrected chi connectivity index (χ1v) is 9.74. The molecule has 0 aliphatic rings. The summed E-state index contributed by atoms with van der Waals surface area (Å²) in [4.78, 5) is 24.6. The Morgan fingerprint density at radius 3 is 2.14 bits per heavy atom. The number of carbonyl (C=O) groups excluding carboxylic acids is 2. The van der Waals surface area contributed by atoms with Crippen LogP contribution in [0.2, 0.25) is 0 Å². The van der Waals surface area contributed by atoms with Gasteiger partial charge in [0.1, 0.15) is 23.2 Å². The predicted octanol–water partition coefficient (Wildman–Crippen LogP) is 2.01. The molecule has 4 N–H and O–H groups in total. The van der Waals surface area contributed by atoms with Gasteiger partial charge < -0.3 is 10.6 Å². The third-order valence-electron chi connectivity index (χ3n) is 3.86. The molecule has 2 rings (SSSR count). The Morgan fingerprint density at radius 2 is 1.61 bits per heavy atom. The molecule has 28 heavy (non-hydrogen) atoms. The van der Waals surface area contributed by atoms with Crippen LogP contribution in [0.4, 0.5) is 14.5 Å². The number of anilines is 1. The van der Waals surface area contributed by atoms with Gasteiger partial charge in [-0.05, 0) is 36.2 Å². The lowest BCUT2D eigenvalue weighted by Gasteiger charge is -2.22. The number of nitrogens with one attached hydrogen (secondary N) is 2. The highest BCUT2D eigenvalue weighted by molar-refractivity contribution is 7.89. The fourth-order valence-corrected chi connectivity index (χ4v) is 2.99. The lowest BCUT2D eigenvalue weighted by molar-refractivity contribution is -0.118. The van der Waals surface area contributed by atoms with Gasteiger partial charge >= 0.3 is 0 Å². The van der Waals surface area contributed by atoms with E-state index in [1.807, 2.05) is 0 Å². The second-order valence-corrected chi connectivity index (χ2v) is 7.92. The smallest absolute Gasteiger partial charge is 0.257 e. The molecule has 0 spiro atoms. The molecule has 0 radical (unpaired) electrons. The van der Waals surface area contributed by atoms with Crippen LogP contribution in [0.3, 0.4) is 0 Å². The number of sulfonamides is 1. The molecule has 2 aromatic rings. The minimum atomic E-state index is -3.97. The normalized spacial score (nSPS) is 12.5. The average Bonchev–Trinajstić information content (AvgIpc) is 2.58. The SMILES string of the molecule is CC(C)C(NC(=O)c1c(F)cccc1F)C(=O)Nc1cccc(S(N)(=O)=O)c1. The second kappa shape index (κ2) is 8.44. The molecule has 7 nitrogen and oxygen atoms in total. The average molecular weight is 411 g/mol. The van der Waals surface area contributed by atoms with Crippen molar-refractivity contribution in [2.45, 2.75) is 24.8 Å². The topological polar surface area (TPSA) is 118 Å². The maximum absolute atomic E-state index is 13.8. The molecule has 0 heterocycles. The van der Waals surface area contributed by atoms with Crippen molar-refractivity contribution in [1.29, 1.82) is 0 Å². The van der Waals surface area contributed by atoms with E-state index in [9.17, 15) is 26.8 Å². The number of rotatable bonds is 6. The molecule has 0 aliphatic heterocycles. The first-order valence-electron chi connectivity index (χ1n) is 8.19. The number of hydrogen-bond donors (Lipinski definition) is 3. The minimum absolute atomic E-state index is 0.133. The summed E-state index contributed by atoms with van der Waals surface area (Å²) in [6.07, 6.45) is 0. The molecule has 0 aliphatic carbocycles. The molecule has 2 amide bonds. The predicted molar refractivity (Wildman–Crippen MR) is 98.9 cm³/mol. The number of nitrogens with two attached hydrogens (primary N) is 1. The standard InChI is InChI=1S/C18H19F2N3O4S/c1-10(2)16(23-17(24)15-13(19)7-4-8-14(15)20)18(25)22-11-5-3-6-12(9-11)28(21,26)27/h3-10,16H,1-2H3,(H,22,25)(H,23,24)(H2,21,26,27). The second-order valence-electron chi connectivity index (χ2n) is 6.35. The maximum atomic E-state index is 13.8. The van der Waals surface area contributed by atoms with Gasteiger partial charge in [-0.3, -0.25) is 9.59 Å².